The van der Waals surface area contributed by atoms with Crippen molar-refractivity contribution in [3.63, 3.8) is 0 Å². The van der Waals surface area contributed by atoms with Crippen LogP contribution in [-0.4, -0.2) is 57.1 Å². The highest BCUT2D eigenvalue weighted by molar-refractivity contribution is 5.84. The van der Waals surface area contributed by atoms with E-state index in [2.05, 4.69) is 5.32 Å². The minimum Gasteiger partial charge on any atom is -0.395 e. The Kier molecular flexibility index (Phi) is 5.42. The van der Waals surface area contributed by atoms with Gasteiger partial charge in [-0.15, -0.1) is 0 Å². The first kappa shape index (κ1) is 18.4. The molecule has 1 saturated heterocycles. The Morgan fingerprint density at radius 1 is 1.29 bits per heavy atom. The van der Waals surface area contributed by atoms with E-state index in [-0.39, 0.29) is 36.2 Å². The van der Waals surface area contributed by atoms with Crippen LogP contribution in [0.4, 0.5) is 0 Å². The molecule has 0 aromatic carbocycles. The Hall–Kier alpha value is -0.690. The zero-order valence-electron chi connectivity index (χ0n) is 14.1. The van der Waals surface area contributed by atoms with Crippen LogP contribution in [0.15, 0.2) is 0 Å². The quantitative estimate of drug-likeness (QED) is 0.700. The second-order valence-electron chi connectivity index (χ2n) is 7.56. The smallest absolute Gasteiger partial charge is 0.253 e. The monoisotopic (exact) mass is 302 g/mol. The maximum Gasteiger partial charge on any atom is 0.253 e. The molecule has 0 saturated carbocycles. The van der Waals surface area contributed by atoms with Crippen LogP contribution in [0.5, 0.6) is 0 Å². The molecule has 1 aliphatic rings. The van der Waals surface area contributed by atoms with E-state index in [1.165, 1.54) is 0 Å². The molecule has 3 N–H and O–H groups in total. The summed E-state index contributed by atoms with van der Waals surface area (Å²) in [6.45, 7) is 11.5. The number of aliphatic hydroxyl groups excluding tert-OH is 2. The summed E-state index contributed by atoms with van der Waals surface area (Å²) in [7, 11) is 0. The molecule has 0 atom stereocenters. The van der Waals surface area contributed by atoms with Crippen molar-refractivity contribution in [2.24, 2.45) is 0 Å². The van der Waals surface area contributed by atoms with Gasteiger partial charge in [-0.3, -0.25) is 9.63 Å². The summed E-state index contributed by atoms with van der Waals surface area (Å²) in [5.74, 6) is -0.269. The molecule has 1 aliphatic heterocycles. The average molecular weight is 302 g/mol. The van der Waals surface area contributed by atoms with Crippen LogP contribution >= 0.6 is 0 Å². The van der Waals surface area contributed by atoms with Gasteiger partial charge in [-0.25, -0.2) is 0 Å². The van der Waals surface area contributed by atoms with Gasteiger partial charge < -0.3 is 15.5 Å². The van der Waals surface area contributed by atoms with Gasteiger partial charge in [0.25, 0.3) is 5.91 Å². The van der Waals surface area contributed by atoms with Crippen molar-refractivity contribution in [3.8, 4) is 0 Å². The summed E-state index contributed by atoms with van der Waals surface area (Å²) in [6.07, 6.45) is 0.802. The Morgan fingerprint density at radius 2 is 1.76 bits per heavy atom. The lowest BCUT2D eigenvalue weighted by Crippen LogP contribution is -2.65. The van der Waals surface area contributed by atoms with E-state index in [0.29, 0.717) is 12.8 Å². The number of hydrogen-bond donors (Lipinski definition) is 3. The van der Waals surface area contributed by atoms with Crippen molar-refractivity contribution in [2.45, 2.75) is 77.2 Å². The van der Waals surface area contributed by atoms with Crippen LogP contribution in [0.1, 0.15) is 54.4 Å². The normalized spacial score (nSPS) is 23.0. The van der Waals surface area contributed by atoms with Gasteiger partial charge in [0, 0.05) is 17.6 Å². The lowest BCUT2D eigenvalue weighted by atomic mass is 9.80. The molecule has 0 radical (unpaired) electrons. The third-order valence-corrected chi connectivity index (χ3v) is 3.83. The number of carbonyl (C=O) groups excluding carboxylic acids is 1. The topological polar surface area (TPSA) is 82.0 Å². The molecule has 1 rings (SSSR count). The predicted molar refractivity (Wildman–Crippen MR) is 80.5 cm³/mol. The summed E-state index contributed by atoms with van der Waals surface area (Å²) in [5.41, 5.74) is -1.81. The van der Waals surface area contributed by atoms with Gasteiger partial charge in [0.05, 0.1) is 12.7 Å². The number of piperidine rings is 1. The van der Waals surface area contributed by atoms with Crippen LogP contribution in [0, 0.1) is 0 Å². The van der Waals surface area contributed by atoms with E-state index >= 15 is 0 Å². The second kappa shape index (κ2) is 6.20. The van der Waals surface area contributed by atoms with Crippen molar-refractivity contribution in [1.29, 1.82) is 0 Å². The van der Waals surface area contributed by atoms with E-state index in [1.54, 1.807) is 13.8 Å². The Morgan fingerprint density at radius 3 is 2.19 bits per heavy atom. The Labute approximate surface area is 127 Å². The van der Waals surface area contributed by atoms with Crippen molar-refractivity contribution in [2.75, 3.05) is 13.2 Å². The molecule has 1 fully saturated rings. The number of nitrogens with one attached hydrogen (secondary N) is 1. The SMILES string of the molecule is CC(C)(ON1C(C)(C)CC(O)CC1(C)C)C(=O)NCCO. The van der Waals surface area contributed by atoms with Gasteiger partial charge in [-0.05, 0) is 54.4 Å². The van der Waals surface area contributed by atoms with Gasteiger partial charge in [0.15, 0.2) is 5.60 Å². The fraction of sp³-hybridized carbons (Fsp3) is 0.933. The lowest BCUT2D eigenvalue weighted by molar-refractivity contribution is -0.328. The highest BCUT2D eigenvalue weighted by Crippen LogP contribution is 2.40. The van der Waals surface area contributed by atoms with Gasteiger partial charge >= 0.3 is 0 Å². The molecule has 0 unspecified atom stereocenters. The third kappa shape index (κ3) is 4.39. The molecule has 6 nitrogen and oxygen atoms in total. The summed E-state index contributed by atoms with van der Waals surface area (Å²) >= 11 is 0. The number of rotatable bonds is 5. The van der Waals surface area contributed by atoms with E-state index in [9.17, 15) is 9.90 Å². The number of amides is 1. The van der Waals surface area contributed by atoms with Gasteiger partial charge in [-0.2, -0.15) is 5.06 Å². The number of carbonyl (C=O) groups is 1. The molecule has 0 spiro atoms. The molecular weight excluding hydrogens is 272 g/mol. The first-order valence-corrected chi connectivity index (χ1v) is 7.49. The maximum atomic E-state index is 12.2. The van der Waals surface area contributed by atoms with E-state index in [4.69, 9.17) is 9.94 Å². The average Bonchev–Trinajstić information content (AvgIpc) is 2.29. The molecular formula is C15H30N2O4. The van der Waals surface area contributed by atoms with Crippen LogP contribution in [0.2, 0.25) is 0 Å². The highest BCUT2D eigenvalue weighted by atomic mass is 16.7. The summed E-state index contributed by atoms with van der Waals surface area (Å²) in [6, 6.07) is 0. The first-order valence-electron chi connectivity index (χ1n) is 7.49. The minimum atomic E-state index is -1.05. The number of hydrogen-bond acceptors (Lipinski definition) is 5. The van der Waals surface area contributed by atoms with Gasteiger partial charge in [0.2, 0.25) is 0 Å². The molecule has 0 bridgehead atoms. The van der Waals surface area contributed by atoms with Gasteiger partial charge in [0.1, 0.15) is 0 Å². The fourth-order valence-electron chi connectivity index (χ4n) is 3.11. The predicted octanol–water partition coefficient (Wildman–Crippen LogP) is 0.819. The fourth-order valence-corrected chi connectivity index (χ4v) is 3.11. The molecule has 1 heterocycles. The minimum absolute atomic E-state index is 0.102. The summed E-state index contributed by atoms with van der Waals surface area (Å²) in [4.78, 5) is 18.2. The molecule has 6 heteroatoms. The first-order chi connectivity index (χ1) is 9.42. The van der Waals surface area contributed by atoms with E-state index < -0.39 is 5.60 Å². The van der Waals surface area contributed by atoms with Crippen molar-refractivity contribution >= 4 is 5.91 Å². The molecule has 124 valence electrons. The standard InChI is InChI=1S/C15H30N2O4/c1-13(2)9-11(19)10-14(3,4)17(13)21-15(5,6)12(20)16-7-8-18/h11,18-19H,7-10H2,1-6H3,(H,16,20). The molecule has 0 aromatic rings. The molecule has 1 amide bonds. The Balaban J connectivity index is 2.89. The van der Waals surface area contributed by atoms with Crippen molar-refractivity contribution in [3.05, 3.63) is 0 Å². The van der Waals surface area contributed by atoms with Crippen LogP contribution < -0.4 is 5.32 Å². The largest absolute Gasteiger partial charge is 0.395 e. The second-order valence-corrected chi connectivity index (χ2v) is 7.56. The Bertz CT molecular complexity index is 362. The number of hydroxylamine groups is 2. The molecule has 0 aliphatic carbocycles. The lowest BCUT2D eigenvalue weighted by Gasteiger charge is -2.54. The highest BCUT2D eigenvalue weighted by Gasteiger charge is 2.49. The number of nitrogens with zero attached hydrogens (tertiary/aromatic N) is 1. The van der Waals surface area contributed by atoms with Crippen molar-refractivity contribution in [1.82, 2.24) is 10.4 Å². The summed E-state index contributed by atoms with van der Waals surface area (Å²) < 4.78 is 0. The molecule has 0 aromatic heterocycles. The number of aliphatic hydroxyl groups is 2. The van der Waals surface area contributed by atoms with Crippen LogP contribution in [0.25, 0.3) is 0 Å². The van der Waals surface area contributed by atoms with E-state index in [1.807, 2.05) is 32.8 Å². The third-order valence-electron chi connectivity index (χ3n) is 3.83. The summed E-state index contributed by atoms with van der Waals surface area (Å²) in [5, 5.41) is 23.3. The van der Waals surface area contributed by atoms with Crippen LogP contribution in [0.3, 0.4) is 0 Å². The van der Waals surface area contributed by atoms with E-state index in [0.717, 1.165) is 0 Å². The zero-order chi connectivity index (χ0) is 16.5. The maximum absolute atomic E-state index is 12.2. The van der Waals surface area contributed by atoms with Gasteiger partial charge in [-0.1, -0.05) is 0 Å². The van der Waals surface area contributed by atoms with Crippen molar-refractivity contribution < 1.29 is 19.8 Å². The van der Waals surface area contributed by atoms with Crippen LogP contribution in [-0.2, 0) is 9.63 Å². The molecule has 21 heavy (non-hydrogen) atoms. The zero-order valence-corrected chi connectivity index (χ0v) is 14.1.